The van der Waals surface area contributed by atoms with E-state index in [4.69, 9.17) is 4.74 Å². The molecule has 1 spiro atoms. The first-order valence-electron chi connectivity index (χ1n) is 8.53. The summed E-state index contributed by atoms with van der Waals surface area (Å²) in [7, 11) is 0. The van der Waals surface area contributed by atoms with Crippen LogP contribution in [0.3, 0.4) is 0 Å². The number of benzene rings is 2. The Morgan fingerprint density at radius 2 is 2.00 bits per heavy atom. The number of ether oxygens (including phenoxy) is 1. The number of rotatable bonds is 3. The van der Waals surface area contributed by atoms with Crippen LogP contribution in [0.1, 0.15) is 23.1 Å². The number of carbonyl (C=O) groups excluding carboxylic acids is 2. The fourth-order valence-electron chi connectivity index (χ4n) is 3.72. The van der Waals surface area contributed by atoms with Crippen molar-refractivity contribution in [2.75, 3.05) is 6.61 Å². The van der Waals surface area contributed by atoms with E-state index in [-0.39, 0.29) is 18.1 Å². The number of nitrogens with one attached hydrogen (secondary N) is 1. The number of para-hydroxylation sites is 1. The molecule has 8 heteroatoms. The number of nitro groups is 1. The van der Waals surface area contributed by atoms with Gasteiger partial charge in [-0.3, -0.25) is 19.8 Å². The van der Waals surface area contributed by atoms with Gasteiger partial charge in [0.05, 0.1) is 18.1 Å². The van der Waals surface area contributed by atoms with E-state index in [0.717, 1.165) is 4.90 Å². The van der Waals surface area contributed by atoms with Crippen LogP contribution in [0.5, 0.6) is 5.75 Å². The molecule has 2 aromatic carbocycles. The number of hydrogen-bond donors (Lipinski definition) is 1. The Hall–Kier alpha value is -3.42. The predicted molar refractivity (Wildman–Crippen MR) is 95.1 cm³/mol. The molecule has 2 aliphatic heterocycles. The highest BCUT2D eigenvalue weighted by molar-refractivity contribution is 6.07. The molecule has 4 rings (SSSR count). The van der Waals surface area contributed by atoms with Crippen LogP contribution in [0, 0.1) is 17.0 Å². The summed E-state index contributed by atoms with van der Waals surface area (Å²) in [6.45, 7) is 1.90. The Balaban J connectivity index is 1.70. The maximum absolute atomic E-state index is 13.2. The highest BCUT2D eigenvalue weighted by Crippen LogP contribution is 2.41. The molecule has 2 aromatic rings. The fraction of sp³-hybridized carbons (Fsp3) is 0.263. The van der Waals surface area contributed by atoms with E-state index in [2.05, 4.69) is 5.32 Å². The van der Waals surface area contributed by atoms with Crippen molar-refractivity contribution in [1.82, 2.24) is 10.2 Å². The molecule has 27 heavy (non-hydrogen) atoms. The lowest BCUT2D eigenvalue weighted by Crippen LogP contribution is -2.47. The van der Waals surface area contributed by atoms with Crippen molar-refractivity contribution in [2.24, 2.45) is 0 Å². The van der Waals surface area contributed by atoms with Crippen LogP contribution >= 0.6 is 0 Å². The Morgan fingerprint density at radius 3 is 2.78 bits per heavy atom. The van der Waals surface area contributed by atoms with E-state index in [1.807, 2.05) is 6.07 Å². The first kappa shape index (κ1) is 17.0. The molecule has 2 aliphatic rings. The lowest BCUT2D eigenvalue weighted by molar-refractivity contribution is -0.385. The summed E-state index contributed by atoms with van der Waals surface area (Å²) in [4.78, 5) is 37.7. The highest BCUT2D eigenvalue weighted by atomic mass is 16.6. The van der Waals surface area contributed by atoms with Crippen LogP contribution < -0.4 is 10.1 Å². The van der Waals surface area contributed by atoms with Crippen LogP contribution in [0.25, 0.3) is 0 Å². The van der Waals surface area contributed by atoms with Gasteiger partial charge < -0.3 is 10.1 Å². The molecule has 1 atom stereocenters. The smallest absolute Gasteiger partial charge is 0.325 e. The van der Waals surface area contributed by atoms with Crippen molar-refractivity contribution in [3.8, 4) is 5.75 Å². The summed E-state index contributed by atoms with van der Waals surface area (Å²) in [5, 5.41) is 14.0. The maximum atomic E-state index is 13.2. The molecule has 0 saturated carbocycles. The summed E-state index contributed by atoms with van der Waals surface area (Å²) in [5.74, 6) is 0.208. The molecule has 138 valence electrons. The monoisotopic (exact) mass is 367 g/mol. The van der Waals surface area contributed by atoms with Gasteiger partial charge in [-0.1, -0.05) is 30.3 Å². The van der Waals surface area contributed by atoms with E-state index in [9.17, 15) is 19.7 Å². The second-order valence-electron chi connectivity index (χ2n) is 6.64. The Labute approximate surface area is 154 Å². The molecule has 0 radical (unpaired) electrons. The van der Waals surface area contributed by atoms with Crippen molar-refractivity contribution in [3.05, 3.63) is 69.3 Å². The molecule has 1 saturated heterocycles. The zero-order chi connectivity index (χ0) is 19.2. The lowest BCUT2D eigenvalue weighted by atomic mass is 9.84. The van der Waals surface area contributed by atoms with Crippen LogP contribution in [0.15, 0.2) is 42.5 Å². The van der Waals surface area contributed by atoms with Gasteiger partial charge in [-0.05, 0) is 18.6 Å². The molecule has 0 aliphatic carbocycles. The SMILES string of the molecule is Cc1c(CN2C(=O)NC3(CCOc4ccccc43)C2=O)cccc1[N+](=O)[O-]. The van der Waals surface area contributed by atoms with Gasteiger partial charge in [0, 0.05) is 23.6 Å². The molecule has 1 unspecified atom stereocenters. The molecule has 3 amide bonds. The van der Waals surface area contributed by atoms with E-state index in [1.54, 1.807) is 37.3 Å². The normalized spacial score (nSPS) is 21.0. The number of carbonyl (C=O) groups is 2. The number of urea groups is 1. The molecule has 8 nitrogen and oxygen atoms in total. The van der Waals surface area contributed by atoms with Gasteiger partial charge in [-0.25, -0.2) is 4.79 Å². The van der Waals surface area contributed by atoms with E-state index in [1.165, 1.54) is 6.07 Å². The van der Waals surface area contributed by atoms with Crippen molar-refractivity contribution < 1.29 is 19.2 Å². The number of nitrogens with zero attached hydrogens (tertiary/aromatic N) is 2. The van der Waals surface area contributed by atoms with Gasteiger partial charge in [-0.15, -0.1) is 0 Å². The molecular weight excluding hydrogens is 350 g/mol. The van der Waals surface area contributed by atoms with Gasteiger partial charge in [0.1, 0.15) is 5.75 Å². The molecular formula is C19H17N3O5. The summed E-state index contributed by atoms with van der Waals surface area (Å²) in [6.07, 6.45) is 0.332. The third-order valence-electron chi connectivity index (χ3n) is 5.20. The third kappa shape index (κ3) is 2.52. The standard InChI is InChI=1S/C19H17N3O5/c1-12-13(5-4-7-15(12)22(25)26)11-21-17(23)19(20-18(21)24)9-10-27-16-8-3-2-6-14(16)19/h2-8H,9-11H2,1H3,(H,20,24). The zero-order valence-corrected chi connectivity index (χ0v) is 14.6. The Morgan fingerprint density at radius 1 is 1.22 bits per heavy atom. The van der Waals surface area contributed by atoms with E-state index < -0.39 is 16.5 Å². The summed E-state index contributed by atoms with van der Waals surface area (Å²) in [5.41, 5.74) is 0.445. The number of imide groups is 1. The van der Waals surface area contributed by atoms with Crippen LogP contribution in [0.2, 0.25) is 0 Å². The average Bonchev–Trinajstić information content (AvgIpc) is 2.88. The molecule has 0 bridgehead atoms. The molecule has 0 aromatic heterocycles. The number of fused-ring (bicyclic) bond motifs is 2. The van der Waals surface area contributed by atoms with Crippen LogP contribution in [0.4, 0.5) is 10.5 Å². The van der Waals surface area contributed by atoms with Crippen molar-refractivity contribution in [1.29, 1.82) is 0 Å². The maximum Gasteiger partial charge on any atom is 0.325 e. The van der Waals surface area contributed by atoms with Crippen LogP contribution in [-0.2, 0) is 16.9 Å². The topological polar surface area (TPSA) is 102 Å². The zero-order valence-electron chi connectivity index (χ0n) is 14.6. The summed E-state index contributed by atoms with van der Waals surface area (Å²) >= 11 is 0. The van der Waals surface area contributed by atoms with Gasteiger partial charge >= 0.3 is 6.03 Å². The minimum atomic E-state index is -1.15. The van der Waals surface area contributed by atoms with E-state index >= 15 is 0 Å². The molecule has 2 heterocycles. The molecule has 1 N–H and O–H groups in total. The number of amides is 3. The highest BCUT2D eigenvalue weighted by Gasteiger charge is 2.54. The van der Waals surface area contributed by atoms with Gasteiger partial charge in [0.25, 0.3) is 11.6 Å². The first-order chi connectivity index (χ1) is 12.9. The van der Waals surface area contributed by atoms with Crippen molar-refractivity contribution in [2.45, 2.75) is 25.4 Å². The van der Waals surface area contributed by atoms with Gasteiger partial charge in [-0.2, -0.15) is 0 Å². The number of nitro benzene ring substituents is 1. The number of hydrogen-bond acceptors (Lipinski definition) is 5. The minimum absolute atomic E-state index is 0.0248. The second kappa shape index (κ2) is 6.08. The summed E-state index contributed by atoms with van der Waals surface area (Å²) < 4.78 is 5.61. The first-order valence-corrected chi connectivity index (χ1v) is 8.53. The van der Waals surface area contributed by atoms with Gasteiger partial charge in [0.2, 0.25) is 0 Å². The molecule has 1 fully saturated rings. The average molecular weight is 367 g/mol. The third-order valence-corrected chi connectivity index (χ3v) is 5.20. The van der Waals surface area contributed by atoms with Gasteiger partial charge in [0.15, 0.2) is 5.54 Å². The fourth-order valence-corrected chi connectivity index (χ4v) is 3.72. The predicted octanol–water partition coefficient (Wildman–Crippen LogP) is 2.63. The van der Waals surface area contributed by atoms with Crippen molar-refractivity contribution in [3.63, 3.8) is 0 Å². The lowest BCUT2D eigenvalue weighted by Gasteiger charge is -2.33. The Bertz CT molecular complexity index is 974. The minimum Gasteiger partial charge on any atom is -0.493 e. The summed E-state index contributed by atoms with van der Waals surface area (Å²) in [6, 6.07) is 11.3. The second-order valence-corrected chi connectivity index (χ2v) is 6.64. The van der Waals surface area contributed by atoms with E-state index in [0.29, 0.717) is 35.5 Å². The largest absolute Gasteiger partial charge is 0.493 e. The van der Waals surface area contributed by atoms with Crippen molar-refractivity contribution >= 4 is 17.6 Å². The van der Waals surface area contributed by atoms with Crippen LogP contribution in [-0.4, -0.2) is 28.4 Å². The Kier molecular flexibility index (Phi) is 3.83. The quantitative estimate of drug-likeness (QED) is 0.510.